The first-order valence-corrected chi connectivity index (χ1v) is 7.22. The summed E-state index contributed by atoms with van der Waals surface area (Å²) < 4.78 is 40.9. The number of hydrogen-bond donors (Lipinski definition) is 0. The molecule has 1 rings (SSSR count). The molecule has 3 nitrogen and oxygen atoms in total. The molecule has 0 aliphatic heterocycles. The average Bonchev–Trinajstić information content (AvgIpc) is 2.31. The smallest absolute Gasteiger partial charge is 0.406 e. The van der Waals surface area contributed by atoms with Crippen molar-refractivity contribution in [1.82, 2.24) is 9.80 Å². The lowest BCUT2D eigenvalue weighted by molar-refractivity contribution is -0.274. The van der Waals surface area contributed by atoms with Crippen LogP contribution in [0.4, 0.5) is 13.2 Å². The van der Waals surface area contributed by atoms with Crippen molar-refractivity contribution in [2.75, 3.05) is 27.2 Å². The summed E-state index contributed by atoms with van der Waals surface area (Å²) in [5.74, 6) is -0.175. The second-order valence-corrected chi connectivity index (χ2v) is 6.59. The van der Waals surface area contributed by atoms with Crippen LogP contribution in [0, 0.1) is 0 Å². The molecule has 0 bridgehead atoms. The van der Waals surface area contributed by atoms with Gasteiger partial charge in [-0.1, -0.05) is 12.1 Å². The van der Waals surface area contributed by atoms with Gasteiger partial charge in [0.05, 0.1) is 0 Å². The van der Waals surface area contributed by atoms with Crippen molar-refractivity contribution in [2.24, 2.45) is 0 Å². The Bertz CT molecular complexity index is 467. The summed E-state index contributed by atoms with van der Waals surface area (Å²) in [6.45, 7) is 8.58. The summed E-state index contributed by atoms with van der Waals surface area (Å²) in [5, 5.41) is 0. The van der Waals surface area contributed by atoms with Crippen LogP contribution in [-0.4, -0.2) is 48.9 Å². The molecular weight excluding hydrogens is 293 g/mol. The van der Waals surface area contributed by atoms with Gasteiger partial charge in [0.25, 0.3) is 0 Å². The van der Waals surface area contributed by atoms with Crippen LogP contribution in [-0.2, 0) is 6.54 Å². The Morgan fingerprint density at radius 3 is 2.18 bits per heavy atom. The highest BCUT2D eigenvalue weighted by molar-refractivity contribution is 5.28. The highest BCUT2D eigenvalue weighted by atomic mass is 19.4. The minimum Gasteiger partial charge on any atom is -0.406 e. The number of nitrogens with zero attached hydrogens (tertiary/aromatic N) is 2. The summed E-state index contributed by atoms with van der Waals surface area (Å²) in [4.78, 5) is 4.32. The lowest BCUT2D eigenvalue weighted by Crippen LogP contribution is -2.44. The van der Waals surface area contributed by atoms with Crippen molar-refractivity contribution in [1.29, 1.82) is 0 Å². The van der Waals surface area contributed by atoms with E-state index in [2.05, 4.69) is 35.3 Å². The van der Waals surface area contributed by atoms with E-state index in [4.69, 9.17) is 0 Å². The second kappa shape index (κ2) is 7.33. The van der Waals surface area contributed by atoms with Crippen LogP contribution in [0.25, 0.3) is 0 Å². The van der Waals surface area contributed by atoms with E-state index in [1.54, 1.807) is 6.07 Å². The first-order valence-electron chi connectivity index (χ1n) is 7.22. The fraction of sp³-hybridized carbons (Fsp3) is 0.625. The van der Waals surface area contributed by atoms with Gasteiger partial charge in [-0.05, 0) is 52.6 Å². The number of benzene rings is 1. The molecule has 126 valence electrons. The molecule has 0 saturated carbocycles. The van der Waals surface area contributed by atoms with Gasteiger partial charge in [0.2, 0.25) is 0 Å². The molecule has 0 aromatic heterocycles. The minimum atomic E-state index is -4.66. The zero-order valence-electron chi connectivity index (χ0n) is 13.9. The van der Waals surface area contributed by atoms with Gasteiger partial charge in [0.15, 0.2) is 0 Å². The van der Waals surface area contributed by atoms with Crippen LogP contribution in [0.1, 0.15) is 26.3 Å². The zero-order chi connectivity index (χ0) is 17.0. The third kappa shape index (κ3) is 7.13. The van der Waals surface area contributed by atoms with Gasteiger partial charge in [-0.2, -0.15) is 0 Å². The number of likely N-dealkylation sites (N-methyl/N-ethyl adjacent to an activating group) is 1. The van der Waals surface area contributed by atoms with E-state index in [1.165, 1.54) is 12.1 Å². The zero-order valence-corrected chi connectivity index (χ0v) is 13.9. The quantitative estimate of drug-likeness (QED) is 0.794. The molecule has 0 heterocycles. The van der Waals surface area contributed by atoms with E-state index in [0.717, 1.165) is 18.7 Å². The molecule has 6 heteroatoms. The molecule has 0 fully saturated rings. The van der Waals surface area contributed by atoms with E-state index < -0.39 is 6.36 Å². The SMILES string of the molecule is CN(C)CCN(Cc1cccc(OC(F)(F)F)c1)C(C)(C)C. The Kier molecular flexibility index (Phi) is 6.26. The molecule has 0 saturated heterocycles. The molecule has 1 aromatic carbocycles. The molecule has 0 unspecified atom stereocenters. The third-order valence-corrected chi connectivity index (χ3v) is 3.27. The van der Waals surface area contributed by atoms with Crippen molar-refractivity contribution in [3.63, 3.8) is 0 Å². The lowest BCUT2D eigenvalue weighted by Gasteiger charge is -2.36. The van der Waals surface area contributed by atoms with Gasteiger partial charge >= 0.3 is 6.36 Å². The Hall–Kier alpha value is -1.27. The molecule has 0 spiro atoms. The van der Waals surface area contributed by atoms with Gasteiger partial charge < -0.3 is 9.64 Å². The van der Waals surface area contributed by atoms with Crippen molar-refractivity contribution in [2.45, 2.75) is 39.2 Å². The summed E-state index contributed by atoms with van der Waals surface area (Å²) in [6.07, 6.45) is -4.66. The number of rotatable bonds is 6. The molecule has 0 aliphatic carbocycles. The number of halogens is 3. The second-order valence-electron chi connectivity index (χ2n) is 6.59. The van der Waals surface area contributed by atoms with Crippen LogP contribution >= 0.6 is 0 Å². The van der Waals surface area contributed by atoms with Gasteiger partial charge in [0, 0.05) is 25.2 Å². The average molecular weight is 318 g/mol. The first-order chi connectivity index (χ1) is 9.97. The lowest BCUT2D eigenvalue weighted by atomic mass is 10.0. The number of ether oxygens (including phenoxy) is 1. The standard InChI is InChI=1S/C16H25F3N2O/c1-15(2,3)21(10-9-20(4)5)12-13-7-6-8-14(11-13)22-16(17,18)19/h6-8,11H,9-10,12H2,1-5H3. The van der Waals surface area contributed by atoms with Gasteiger partial charge in [-0.15, -0.1) is 13.2 Å². The maximum Gasteiger partial charge on any atom is 0.573 e. The molecular formula is C16H25F3N2O. The Labute approximate surface area is 130 Å². The van der Waals surface area contributed by atoms with E-state index in [1.807, 2.05) is 20.2 Å². The summed E-state index contributed by atoms with van der Waals surface area (Å²) in [6, 6.07) is 6.17. The number of alkyl halides is 3. The predicted molar refractivity (Wildman–Crippen MR) is 81.8 cm³/mol. The fourth-order valence-electron chi connectivity index (χ4n) is 2.03. The largest absolute Gasteiger partial charge is 0.573 e. The van der Waals surface area contributed by atoms with Crippen LogP contribution in [0.3, 0.4) is 0 Å². The van der Waals surface area contributed by atoms with Gasteiger partial charge in [-0.25, -0.2) is 0 Å². The molecule has 0 atom stereocenters. The molecule has 1 aromatic rings. The minimum absolute atomic E-state index is 0.0725. The Morgan fingerprint density at radius 2 is 1.68 bits per heavy atom. The van der Waals surface area contributed by atoms with E-state index >= 15 is 0 Å². The van der Waals surface area contributed by atoms with E-state index in [0.29, 0.717) is 6.54 Å². The van der Waals surface area contributed by atoms with Crippen molar-refractivity contribution >= 4 is 0 Å². The third-order valence-electron chi connectivity index (χ3n) is 3.27. The Balaban J connectivity index is 2.82. The van der Waals surface area contributed by atoms with Gasteiger partial charge in [0.1, 0.15) is 5.75 Å². The van der Waals surface area contributed by atoms with Crippen LogP contribution in [0.15, 0.2) is 24.3 Å². The van der Waals surface area contributed by atoms with Crippen molar-refractivity contribution in [3.05, 3.63) is 29.8 Å². The molecule has 0 radical (unpaired) electrons. The summed E-state index contributed by atoms with van der Waals surface area (Å²) in [7, 11) is 4.00. The highest BCUT2D eigenvalue weighted by Crippen LogP contribution is 2.25. The predicted octanol–water partition coefficient (Wildman–Crippen LogP) is 3.75. The number of hydrogen-bond acceptors (Lipinski definition) is 3. The monoisotopic (exact) mass is 318 g/mol. The summed E-state index contributed by atoms with van der Waals surface area (Å²) >= 11 is 0. The van der Waals surface area contributed by atoms with Crippen LogP contribution in [0.5, 0.6) is 5.75 Å². The van der Waals surface area contributed by atoms with Crippen LogP contribution < -0.4 is 4.74 Å². The topological polar surface area (TPSA) is 15.7 Å². The maximum atomic E-state index is 12.3. The fourth-order valence-corrected chi connectivity index (χ4v) is 2.03. The van der Waals surface area contributed by atoms with E-state index in [-0.39, 0.29) is 11.3 Å². The first kappa shape index (κ1) is 18.8. The van der Waals surface area contributed by atoms with E-state index in [9.17, 15) is 13.2 Å². The maximum absolute atomic E-state index is 12.3. The van der Waals surface area contributed by atoms with Crippen molar-refractivity contribution < 1.29 is 17.9 Å². The summed E-state index contributed by atoms with van der Waals surface area (Å²) in [5.41, 5.74) is 0.729. The molecule has 22 heavy (non-hydrogen) atoms. The normalized spacial score (nSPS) is 13.0. The highest BCUT2D eigenvalue weighted by Gasteiger charge is 2.31. The Morgan fingerprint density at radius 1 is 1.05 bits per heavy atom. The van der Waals surface area contributed by atoms with Gasteiger partial charge in [-0.3, -0.25) is 4.90 Å². The molecule has 0 amide bonds. The van der Waals surface area contributed by atoms with Crippen molar-refractivity contribution in [3.8, 4) is 5.75 Å². The molecule has 0 N–H and O–H groups in total. The molecule has 0 aliphatic rings. The van der Waals surface area contributed by atoms with Crippen LogP contribution in [0.2, 0.25) is 0 Å².